The van der Waals surface area contributed by atoms with E-state index in [0.29, 0.717) is 0 Å². The van der Waals surface area contributed by atoms with Crippen LogP contribution in [0.15, 0.2) is 0 Å². The van der Waals surface area contributed by atoms with Crippen molar-refractivity contribution in [2.45, 2.75) is 36.7 Å². The SMILES string of the molecule is CCS[C@@H]1[C@H](O)[C@@H](CO)NC(O)[C@H]1O. The fourth-order valence-corrected chi connectivity index (χ4v) is 2.70. The molecule has 0 aromatic heterocycles. The summed E-state index contributed by atoms with van der Waals surface area (Å²) in [5, 5.41) is 39.7. The topological polar surface area (TPSA) is 93.0 Å². The predicted octanol–water partition coefficient (Wildman–Crippen LogP) is -1.89. The van der Waals surface area contributed by atoms with Gasteiger partial charge in [0.25, 0.3) is 0 Å². The third-order valence-electron chi connectivity index (χ3n) is 2.35. The Labute approximate surface area is 87.1 Å². The minimum atomic E-state index is -1.08. The molecule has 1 aliphatic heterocycles. The molecule has 1 saturated heterocycles. The third-order valence-corrected chi connectivity index (χ3v) is 3.63. The lowest BCUT2D eigenvalue weighted by Gasteiger charge is -2.40. The molecule has 0 spiro atoms. The second-order valence-corrected chi connectivity index (χ2v) is 4.76. The molecule has 5 N–H and O–H groups in total. The summed E-state index contributed by atoms with van der Waals surface area (Å²) in [6, 6.07) is -0.572. The van der Waals surface area contributed by atoms with Gasteiger partial charge in [-0.1, -0.05) is 6.92 Å². The van der Waals surface area contributed by atoms with Crippen LogP contribution in [-0.4, -0.2) is 62.5 Å². The third kappa shape index (κ3) is 2.39. The van der Waals surface area contributed by atoms with E-state index in [4.69, 9.17) is 5.11 Å². The summed E-state index contributed by atoms with van der Waals surface area (Å²) >= 11 is 1.38. The van der Waals surface area contributed by atoms with Crippen molar-refractivity contribution >= 4 is 11.8 Å². The van der Waals surface area contributed by atoms with Crippen molar-refractivity contribution in [3.05, 3.63) is 0 Å². The molecule has 0 bridgehead atoms. The van der Waals surface area contributed by atoms with Crippen LogP contribution in [0.25, 0.3) is 0 Å². The predicted molar refractivity (Wildman–Crippen MR) is 53.9 cm³/mol. The van der Waals surface area contributed by atoms with Crippen LogP contribution in [0.2, 0.25) is 0 Å². The Bertz CT molecular complexity index is 183. The second-order valence-electron chi connectivity index (χ2n) is 3.30. The monoisotopic (exact) mass is 223 g/mol. The van der Waals surface area contributed by atoms with Crippen molar-refractivity contribution in [1.29, 1.82) is 0 Å². The Morgan fingerprint density at radius 2 is 1.86 bits per heavy atom. The second kappa shape index (κ2) is 5.29. The molecule has 0 aromatic rings. The number of aliphatic hydroxyl groups excluding tert-OH is 4. The smallest absolute Gasteiger partial charge is 0.132 e. The van der Waals surface area contributed by atoms with Gasteiger partial charge in [-0.3, -0.25) is 5.32 Å². The summed E-state index contributed by atoms with van der Waals surface area (Å²) in [7, 11) is 0. The number of rotatable bonds is 3. The van der Waals surface area contributed by atoms with Gasteiger partial charge in [0.2, 0.25) is 0 Å². The van der Waals surface area contributed by atoms with Gasteiger partial charge in [0.15, 0.2) is 0 Å². The lowest BCUT2D eigenvalue weighted by Crippen LogP contribution is -2.64. The standard InChI is InChI=1S/C8H17NO4S/c1-2-14-7-5(11)4(3-10)9-8(13)6(7)12/h4-13H,2-3H2,1H3/t4-,5-,6+,7-,8?/m1/s1. The van der Waals surface area contributed by atoms with Crippen LogP contribution in [0.3, 0.4) is 0 Å². The Hall–Kier alpha value is 0.150. The van der Waals surface area contributed by atoms with E-state index in [2.05, 4.69) is 5.32 Å². The highest BCUT2D eigenvalue weighted by Crippen LogP contribution is 2.25. The van der Waals surface area contributed by atoms with Gasteiger partial charge in [-0.05, 0) is 5.75 Å². The van der Waals surface area contributed by atoms with E-state index < -0.39 is 29.7 Å². The van der Waals surface area contributed by atoms with E-state index in [1.54, 1.807) is 0 Å². The van der Waals surface area contributed by atoms with Crippen molar-refractivity contribution in [3.63, 3.8) is 0 Å². The molecule has 0 radical (unpaired) electrons. The minimum absolute atomic E-state index is 0.258. The molecule has 1 unspecified atom stereocenters. The first kappa shape index (κ1) is 12.2. The van der Waals surface area contributed by atoms with Crippen LogP contribution in [-0.2, 0) is 0 Å². The summed E-state index contributed by atoms with van der Waals surface area (Å²) in [5.74, 6) is 0.740. The highest BCUT2D eigenvalue weighted by Gasteiger charge is 2.42. The van der Waals surface area contributed by atoms with E-state index >= 15 is 0 Å². The van der Waals surface area contributed by atoms with Crippen molar-refractivity contribution in [1.82, 2.24) is 5.32 Å². The van der Waals surface area contributed by atoms with Crippen LogP contribution in [0.1, 0.15) is 6.92 Å². The average molecular weight is 223 g/mol. The molecule has 5 atom stereocenters. The van der Waals surface area contributed by atoms with Gasteiger partial charge < -0.3 is 20.4 Å². The largest absolute Gasteiger partial charge is 0.395 e. The summed E-state index contributed by atoms with van der Waals surface area (Å²) in [6.07, 6.45) is -2.93. The van der Waals surface area contributed by atoms with Gasteiger partial charge in [-0.15, -0.1) is 0 Å². The van der Waals surface area contributed by atoms with Gasteiger partial charge in [0, 0.05) is 0 Å². The first-order valence-electron chi connectivity index (χ1n) is 4.64. The zero-order chi connectivity index (χ0) is 10.7. The van der Waals surface area contributed by atoms with Crippen molar-refractivity contribution in [2.24, 2.45) is 0 Å². The van der Waals surface area contributed by atoms with Crippen LogP contribution in [0.4, 0.5) is 0 Å². The molecule has 84 valence electrons. The molecule has 0 aliphatic carbocycles. The van der Waals surface area contributed by atoms with Crippen LogP contribution >= 0.6 is 11.8 Å². The fourth-order valence-electron chi connectivity index (χ4n) is 1.58. The Morgan fingerprint density at radius 1 is 1.21 bits per heavy atom. The average Bonchev–Trinajstić information content (AvgIpc) is 2.18. The Morgan fingerprint density at radius 3 is 2.36 bits per heavy atom. The van der Waals surface area contributed by atoms with Crippen molar-refractivity contribution in [2.75, 3.05) is 12.4 Å². The van der Waals surface area contributed by atoms with E-state index in [-0.39, 0.29) is 6.61 Å². The number of hydrogen-bond donors (Lipinski definition) is 5. The van der Waals surface area contributed by atoms with Gasteiger partial charge in [0.1, 0.15) is 12.3 Å². The lowest BCUT2D eigenvalue weighted by atomic mass is 9.98. The molecule has 1 fully saturated rings. The number of piperidine rings is 1. The van der Waals surface area contributed by atoms with E-state index in [9.17, 15) is 15.3 Å². The minimum Gasteiger partial charge on any atom is -0.395 e. The molecule has 0 amide bonds. The molecule has 1 rings (SSSR count). The van der Waals surface area contributed by atoms with Gasteiger partial charge in [-0.2, -0.15) is 11.8 Å². The number of nitrogens with one attached hydrogen (secondary N) is 1. The van der Waals surface area contributed by atoms with Gasteiger partial charge in [0.05, 0.1) is 24.0 Å². The highest BCUT2D eigenvalue weighted by molar-refractivity contribution is 8.00. The Kier molecular flexibility index (Phi) is 4.62. The molecule has 5 nitrogen and oxygen atoms in total. The first-order chi connectivity index (χ1) is 6.61. The van der Waals surface area contributed by atoms with Crippen molar-refractivity contribution in [3.8, 4) is 0 Å². The van der Waals surface area contributed by atoms with E-state index in [1.165, 1.54) is 11.8 Å². The van der Waals surface area contributed by atoms with E-state index in [0.717, 1.165) is 5.75 Å². The zero-order valence-electron chi connectivity index (χ0n) is 8.00. The van der Waals surface area contributed by atoms with Gasteiger partial charge in [-0.25, -0.2) is 0 Å². The molecule has 6 heteroatoms. The van der Waals surface area contributed by atoms with E-state index in [1.807, 2.05) is 6.92 Å². The Balaban J connectivity index is 2.67. The maximum absolute atomic E-state index is 9.73. The van der Waals surface area contributed by atoms with Crippen LogP contribution in [0, 0.1) is 0 Å². The summed E-state index contributed by atoms with van der Waals surface area (Å²) in [5.41, 5.74) is 0. The number of hydrogen-bond acceptors (Lipinski definition) is 6. The zero-order valence-corrected chi connectivity index (χ0v) is 8.81. The molecule has 0 aromatic carbocycles. The quantitative estimate of drug-likeness (QED) is 0.384. The molecule has 1 heterocycles. The van der Waals surface area contributed by atoms with Gasteiger partial charge >= 0.3 is 0 Å². The normalized spacial score (nSPS) is 43.9. The first-order valence-corrected chi connectivity index (χ1v) is 5.69. The van der Waals surface area contributed by atoms with Crippen LogP contribution < -0.4 is 5.32 Å². The summed E-state index contributed by atoms with van der Waals surface area (Å²) in [4.78, 5) is 0. The fraction of sp³-hybridized carbons (Fsp3) is 1.00. The molecule has 0 saturated carbocycles. The summed E-state index contributed by atoms with van der Waals surface area (Å²) in [6.45, 7) is 1.65. The highest BCUT2D eigenvalue weighted by atomic mass is 32.2. The maximum Gasteiger partial charge on any atom is 0.132 e. The molecule has 14 heavy (non-hydrogen) atoms. The number of thioether (sulfide) groups is 1. The lowest BCUT2D eigenvalue weighted by molar-refractivity contribution is -0.0819. The number of aliphatic hydroxyl groups is 4. The molecular formula is C8H17NO4S. The maximum atomic E-state index is 9.73. The summed E-state index contributed by atoms with van der Waals surface area (Å²) < 4.78 is 0. The van der Waals surface area contributed by atoms with Crippen LogP contribution in [0.5, 0.6) is 0 Å². The molecule has 1 aliphatic rings. The molecular weight excluding hydrogens is 206 g/mol. The van der Waals surface area contributed by atoms with Crippen molar-refractivity contribution < 1.29 is 20.4 Å².